The van der Waals surface area contributed by atoms with Crippen molar-refractivity contribution in [2.45, 2.75) is 0 Å². The summed E-state index contributed by atoms with van der Waals surface area (Å²) in [7, 11) is 1.56. The van der Waals surface area contributed by atoms with Crippen molar-refractivity contribution in [1.82, 2.24) is 4.98 Å². The minimum atomic E-state index is -0.128. The molecule has 0 aliphatic carbocycles. The van der Waals surface area contributed by atoms with Crippen molar-refractivity contribution in [1.29, 1.82) is 0 Å². The number of ketones is 1. The molecule has 4 nitrogen and oxygen atoms in total. The summed E-state index contributed by atoms with van der Waals surface area (Å²) < 4.78 is 5.15. The third-order valence-electron chi connectivity index (χ3n) is 3.37. The number of nitrogens with two attached hydrogens (primary N) is 1. The summed E-state index contributed by atoms with van der Waals surface area (Å²) in [6.45, 7) is 0. The van der Waals surface area contributed by atoms with Gasteiger partial charge in [0.2, 0.25) is 0 Å². The molecule has 0 unspecified atom stereocenters. The zero-order valence-electron chi connectivity index (χ0n) is 11.5. The predicted molar refractivity (Wildman–Crippen MR) is 82.6 cm³/mol. The summed E-state index contributed by atoms with van der Waals surface area (Å²) in [6.07, 6.45) is 1.73. The fourth-order valence-electron chi connectivity index (χ4n) is 2.23. The van der Waals surface area contributed by atoms with E-state index in [1.54, 1.807) is 37.6 Å². The second-order valence-corrected chi connectivity index (χ2v) is 4.69. The van der Waals surface area contributed by atoms with Gasteiger partial charge in [-0.15, -0.1) is 0 Å². The molecule has 0 atom stereocenters. The van der Waals surface area contributed by atoms with Crippen LogP contribution in [-0.2, 0) is 0 Å². The van der Waals surface area contributed by atoms with Crippen molar-refractivity contribution in [3.8, 4) is 5.75 Å². The lowest BCUT2D eigenvalue weighted by molar-refractivity contribution is 0.103. The molecule has 0 spiro atoms. The summed E-state index contributed by atoms with van der Waals surface area (Å²) >= 11 is 0. The predicted octanol–water partition coefficient (Wildman–Crippen LogP) is 3.06. The molecule has 4 heteroatoms. The Balaban J connectivity index is 2.07. The van der Waals surface area contributed by atoms with Crippen LogP contribution >= 0.6 is 0 Å². The van der Waals surface area contributed by atoms with Gasteiger partial charge in [0.15, 0.2) is 5.78 Å². The first-order chi connectivity index (χ1) is 10.2. The number of nitrogen functional groups attached to an aromatic ring is 1. The number of carbonyl (C=O) groups excluding carboxylic acids is 1. The molecular formula is C17H14N2O2. The Kier molecular flexibility index (Phi) is 3.28. The lowest BCUT2D eigenvalue weighted by Gasteiger charge is -2.08. The van der Waals surface area contributed by atoms with Crippen LogP contribution in [0.3, 0.4) is 0 Å². The minimum Gasteiger partial charge on any atom is -0.497 e. The lowest BCUT2D eigenvalue weighted by Crippen LogP contribution is -2.06. The smallest absolute Gasteiger partial charge is 0.195 e. The van der Waals surface area contributed by atoms with Gasteiger partial charge in [-0.05, 0) is 42.5 Å². The molecule has 0 saturated carbocycles. The van der Waals surface area contributed by atoms with Crippen LogP contribution in [0.5, 0.6) is 5.75 Å². The molecule has 1 heterocycles. The van der Waals surface area contributed by atoms with Gasteiger partial charge in [-0.1, -0.05) is 6.07 Å². The van der Waals surface area contributed by atoms with Gasteiger partial charge < -0.3 is 10.5 Å². The Hall–Kier alpha value is -2.88. The fourth-order valence-corrected chi connectivity index (χ4v) is 2.23. The van der Waals surface area contributed by atoms with Gasteiger partial charge in [-0.25, -0.2) is 0 Å². The first-order valence-corrected chi connectivity index (χ1v) is 6.52. The van der Waals surface area contributed by atoms with Crippen molar-refractivity contribution in [3.63, 3.8) is 0 Å². The van der Waals surface area contributed by atoms with Crippen LogP contribution in [0.25, 0.3) is 10.9 Å². The number of aromatic nitrogens is 1. The van der Waals surface area contributed by atoms with Gasteiger partial charge in [0.05, 0.1) is 12.6 Å². The number of rotatable bonds is 3. The molecule has 0 bridgehead atoms. The summed E-state index contributed by atoms with van der Waals surface area (Å²) in [4.78, 5) is 16.9. The van der Waals surface area contributed by atoms with E-state index in [0.29, 0.717) is 22.6 Å². The number of benzene rings is 2. The Morgan fingerprint density at radius 3 is 2.81 bits per heavy atom. The first kappa shape index (κ1) is 13.1. The normalized spacial score (nSPS) is 10.5. The number of hydrogen-bond acceptors (Lipinski definition) is 4. The Labute approximate surface area is 122 Å². The summed E-state index contributed by atoms with van der Waals surface area (Å²) in [5.74, 6) is 0.479. The maximum absolute atomic E-state index is 12.6. The van der Waals surface area contributed by atoms with Crippen LogP contribution < -0.4 is 10.5 Å². The molecular weight excluding hydrogens is 264 g/mol. The molecule has 2 aromatic carbocycles. The molecule has 0 saturated heterocycles. The Morgan fingerprint density at radius 2 is 2.00 bits per heavy atom. The van der Waals surface area contributed by atoms with Crippen LogP contribution in [-0.4, -0.2) is 17.9 Å². The van der Waals surface area contributed by atoms with Gasteiger partial charge in [-0.2, -0.15) is 0 Å². The standard InChI is InChI=1S/C17H14N2O2/c1-21-13-5-6-15(18)14(10-13)17(20)12-4-7-16-11(9-12)3-2-8-19-16/h2-10H,18H2,1H3. The third-order valence-corrected chi connectivity index (χ3v) is 3.37. The number of ether oxygens (including phenoxy) is 1. The molecule has 0 fully saturated rings. The second-order valence-electron chi connectivity index (χ2n) is 4.69. The molecule has 3 rings (SSSR count). The maximum Gasteiger partial charge on any atom is 0.195 e. The fraction of sp³-hybridized carbons (Fsp3) is 0.0588. The van der Waals surface area contributed by atoms with E-state index < -0.39 is 0 Å². The molecule has 3 aromatic rings. The van der Waals surface area contributed by atoms with E-state index in [-0.39, 0.29) is 5.78 Å². The zero-order chi connectivity index (χ0) is 14.8. The number of nitrogens with zero attached hydrogens (tertiary/aromatic N) is 1. The zero-order valence-corrected chi connectivity index (χ0v) is 11.5. The molecule has 1 aromatic heterocycles. The number of methoxy groups -OCH3 is 1. The highest BCUT2D eigenvalue weighted by Crippen LogP contribution is 2.23. The highest BCUT2D eigenvalue weighted by atomic mass is 16.5. The van der Waals surface area contributed by atoms with E-state index in [2.05, 4.69) is 4.98 Å². The van der Waals surface area contributed by atoms with Crippen molar-refractivity contribution in [3.05, 3.63) is 65.9 Å². The van der Waals surface area contributed by atoms with Crippen LogP contribution in [0.4, 0.5) is 5.69 Å². The summed E-state index contributed by atoms with van der Waals surface area (Å²) in [6, 6.07) is 14.2. The van der Waals surface area contributed by atoms with E-state index in [1.807, 2.05) is 24.3 Å². The largest absolute Gasteiger partial charge is 0.497 e. The van der Waals surface area contributed by atoms with Crippen LogP contribution in [0.15, 0.2) is 54.7 Å². The first-order valence-electron chi connectivity index (χ1n) is 6.52. The monoisotopic (exact) mass is 278 g/mol. The van der Waals surface area contributed by atoms with Crippen LogP contribution in [0.1, 0.15) is 15.9 Å². The maximum atomic E-state index is 12.6. The molecule has 104 valence electrons. The number of hydrogen-bond donors (Lipinski definition) is 1. The number of carbonyl (C=O) groups is 1. The van der Waals surface area contributed by atoms with Crippen molar-refractivity contribution >= 4 is 22.4 Å². The lowest BCUT2D eigenvalue weighted by atomic mass is 10.00. The van der Waals surface area contributed by atoms with Gasteiger partial charge in [0.25, 0.3) is 0 Å². The minimum absolute atomic E-state index is 0.128. The van der Waals surface area contributed by atoms with Gasteiger partial charge >= 0.3 is 0 Å². The molecule has 2 N–H and O–H groups in total. The van der Waals surface area contributed by atoms with Crippen LogP contribution in [0, 0.1) is 0 Å². The molecule has 0 amide bonds. The van der Waals surface area contributed by atoms with E-state index in [4.69, 9.17) is 10.5 Å². The number of fused-ring (bicyclic) bond motifs is 1. The molecule has 0 aliphatic heterocycles. The van der Waals surface area contributed by atoms with E-state index in [9.17, 15) is 4.79 Å². The average Bonchev–Trinajstić information content (AvgIpc) is 2.54. The Morgan fingerprint density at radius 1 is 1.14 bits per heavy atom. The van der Waals surface area contributed by atoms with E-state index in [0.717, 1.165) is 10.9 Å². The van der Waals surface area contributed by atoms with Crippen molar-refractivity contribution in [2.75, 3.05) is 12.8 Å². The third kappa shape index (κ3) is 2.43. The topological polar surface area (TPSA) is 65.2 Å². The highest BCUT2D eigenvalue weighted by Gasteiger charge is 2.14. The van der Waals surface area contributed by atoms with E-state index in [1.165, 1.54) is 0 Å². The Bertz CT molecular complexity index is 828. The molecule has 0 aliphatic rings. The quantitative estimate of drug-likeness (QED) is 0.590. The number of anilines is 1. The number of pyridine rings is 1. The SMILES string of the molecule is COc1ccc(N)c(C(=O)c2ccc3ncccc3c2)c1. The molecule has 21 heavy (non-hydrogen) atoms. The average molecular weight is 278 g/mol. The van der Waals surface area contributed by atoms with Gasteiger partial charge in [-0.3, -0.25) is 9.78 Å². The second kappa shape index (κ2) is 5.25. The van der Waals surface area contributed by atoms with Gasteiger partial charge in [0, 0.05) is 28.4 Å². The van der Waals surface area contributed by atoms with Crippen molar-refractivity contribution in [2.24, 2.45) is 0 Å². The van der Waals surface area contributed by atoms with E-state index >= 15 is 0 Å². The molecule has 0 radical (unpaired) electrons. The van der Waals surface area contributed by atoms with Crippen LogP contribution in [0.2, 0.25) is 0 Å². The highest BCUT2D eigenvalue weighted by molar-refractivity contribution is 6.13. The summed E-state index contributed by atoms with van der Waals surface area (Å²) in [5.41, 5.74) is 8.22. The van der Waals surface area contributed by atoms with Crippen molar-refractivity contribution < 1.29 is 9.53 Å². The summed E-state index contributed by atoms with van der Waals surface area (Å²) in [5, 5.41) is 0.921. The van der Waals surface area contributed by atoms with Gasteiger partial charge in [0.1, 0.15) is 5.75 Å².